The number of likely N-dealkylation sites (tertiary alicyclic amines) is 1. The van der Waals surface area contributed by atoms with Gasteiger partial charge in [0.15, 0.2) is 17.3 Å². The third kappa shape index (κ3) is 4.63. The summed E-state index contributed by atoms with van der Waals surface area (Å²) in [6.45, 7) is 4.39. The van der Waals surface area contributed by atoms with Gasteiger partial charge in [0.25, 0.3) is 0 Å². The minimum Gasteiger partial charge on any atom is -0.384 e. The number of fused-ring (bicyclic) bond motifs is 1. The fraction of sp³-hybridized carbons (Fsp3) is 0.400. The van der Waals surface area contributed by atoms with Crippen molar-refractivity contribution >= 4 is 36.1 Å². The predicted molar refractivity (Wildman–Crippen MR) is 115 cm³/mol. The molecule has 3 aromatic rings. The number of rotatable bonds is 4. The largest absolute Gasteiger partial charge is 0.384 e. The molecule has 1 N–H and O–H groups in total. The van der Waals surface area contributed by atoms with Crippen LogP contribution in [0.4, 0.5) is 14.5 Å². The zero-order chi connectivity index (χ0) is 19.0. The Morgan fingerprint density at radius 2 is 1.97 bits per heavy atom. The first-order chi connectivity index (χ1) is 13.1. The summed E-state index contributed by atoms with van der Waals surface area (Å²) >= 11 is 0. The van der Waals surface area contributed by atoms with Crippen molar-refractivity contribution in [2.45, 2.75) is 32.2 Å². The van der Waals surface area contributed by atoms with E-state index in [-0.39, 0.29) is 24.8 Å². The van der Waals surface area contributed by atoms with Gasteiger partial charge in [0, 0.05) is 32.3 Å². The van der Waals surface area contributed by atoms with E-state index in [0.717, 1.165) is 54.2 Å². The molecule has 9 heteroatoms. The van der Waals surface area contributed by atoms with Gasteiger partial charge >= 0.3 is 0 Å². The Hall–Kier alpha value is -1.96. The first-order valence-corrected chi connectivity index (χ1v) is 9.25. The van der Waals surface area contributed by atoms with Crippen LogP contribution in [-0.2, 0) is 6.54 Å². The first kappa shape index (κ1) is 23.3. The zero-order valence-electron chi connectivity index (χ0n) is 16.4. The van der Waals surface area contributed by atoms with Crippen LogP contribution in [0.3, 0.4) is 0 Å². The van der Waals surface area contributed by atoms with Crippen molar-refractivity contribution in [3.8, 4) is 0 Å². The highest BCUT2D eigenvalue weighted by atomic mass is 35.5. The van der Waals surface area contributed by atoms with Gasteiger partial charge in [-0.2, -0.15) is 5.10 Å². The predicted octanol–water partition coefficient (Wildman–Crippen LogP) is 4.58. The lowest BCUT2D eigenvalue weighted by Crippen LogP contribution is -2.34. The average molecular weight is 444 g/mol. The van der Waals surface area contributed by atoms with Gasteiger partial charge in [-0.3, -0.25) is 4.90 Å². The van der Waals surface area contributed by atoms with Gasteiger partial charge in [-0.25, -0.2) is 18.3 Å². The highest BCUT2D eigenvalue weighted by molar-refractivity contribution is 5.85. The van der Waals surface area contributed by atoms with E-state index in [4.69, 9.17) is 0 Å². The van der Waals surface area contributed by atoms with Crippen LogP contribution in [0.5, 0.6) is 0 Å². The van der Waals surface area contributed by atoms with Crippen molar-refractivity contribution in [2.75, 3.05) is 25.5 Å². The minimum absolute atomic E-state index is 0. The van der Waals surface area contributed by atoms with Gasteiger partial charge < -0.3 is 5.32 Å². The third-order valence-electron chi connectivity index (χ3n) is 5.29. The minimum atomic E-state index is -0.802. The summed E-state index contributed by atoms with van der Waals surface area (Å²) in [4.78, 5) is 6.77. The number of nitrogens with zero attached hydrogens (tertiary/aromatic N) is 4. The van der Waals surface area contributed by atoms with Crippen molar-refractivity contribution in [3.63, 3.8) is 0 Å². The second kappa shape index (κ2) is 9.69. The smallest absolute Gasteiger partial charge is 0.179 e. The second-order valence-electron chi connectivity index (χ2n) is 7.14. The molecule has 5 nitrogen and oxygen atoms in total. The van der Waals surface area contributed by atoms with E-state index in [1.54, 1.807) is 6.07 Å². The van der Waals surface area contributed by atoms with E-state index in [0.29, 0.717) is 12.5 Å². The molecular weight excluding hydrogens is 419 g/mol. The van der Waals surface area contributed by atoms with Crippen LogP contribution >= 0.6 is 24.8 Å². The molecule has 1 fully saturated rings. The number of hydrogen-bond donors (Lipinski definition) is 1. The summed E-state index contributed by atoms with van der Waals surface area (Å²) < 4.78 is 28.6. The number of nitrogens with one attached hydrogen (secondary N) is 1. The molecule has 0 aliphatic carbocycles. The molecule has 1 aliphatic rings. The van der Waals surface area contributed by atoms with Crippen molar-refractivity contribution < 1.29 is 8.78 Å². The Labute approximate surface area is 181 Å². The SMILES string of the molecule is CNc1c(C)nn2c(C3CCCN(Cc4ccc(F)c(F)c4)C3)ccnc12.Cl.Cl. The molecule has 1 saturated heterocycles. The van der Waals surface area contributed by atoms with Gasteiger partial charge in [0.05, 0.1) is 11.4 Å². The molecule has 1 atom stereocenters. The average Bonchev–Trinajstić information content (AvgIpc) is 3.00. The number of halogens is 4. The van der Waals surface area contributed by atoms with E-state index in [2.05, 4.69) is 20.3 Å². The zero-order valence-corrected chi connectivity index (χ0v) is 18.0. The van der Waals surface area contributed by atoms with Crippen molar-refractivity contribution in [1.82, 2.24) is 19.5 Å². The molecule has 29 heavy (non-hydrogen) atoms. The lowest BCUT2D eigenvalue weighted by Gasteiger charge is -2.33. The molecule has 1 aliphatic heterocycles. The van der Waals surface area contributed by atoms with Gasteiger partial charge in [0.1, 0.15) is 5.69 Å². The lowest BCUT2D eigenvalue weighted by atomic mass is 9.94. The number of anilines is 1. The molecule has 4 rings (SSSR count). The van der Waals surface area contributed by atoms with Crippen LogP contribution in [0.1, 0.15) is 35.7 Å². The summed E-state index contributed by atoms with van der Waals surface area (Å²) in [6, 6.07) is 6.18. The molecule has 0 amide bonds. The standard InChI is InChI=1S/C20H23F2N5.2ClH/c1-13-19(23-2)20-24-8-7-18(27(20)25-13)15-4-3-9-26(12-15)11-14-5-6-16(21)17(22)10-14;;/h5-8,10,15,23H,3-4,9,11-12H2,1-2H3;2*1H. The first-order valence-electron chi connectivity index (χ1n) is 9.25. The van der Waals surface area contributed by atoms with Crippen LogP contribution in [0, 0.1) is 18.6 Å². The van der Waals surface area contributed by atoms with Crippen LogP contribution in [0.15, 0.2) is 30.5 Å². The van der Waals surface area contributed by atoms with E-state index in [1.807, 2.05) is 30.8 Å². The second-order valence-corrected chi connectivity index (χ2v) is 7.14. The molecule has 0 radical (unpaired) electrons. The maximum atomic E-state index is 13.5. The molecule has 2 aromatic heterocycles. The molecule has 1 aromatic carbocycles. The normalized spacial score (nSPS) is 16.9. The lowest BCUT2D eigenvalue weighted by molar-refractivity contribution is 0.197. The Morgan fingerprint density at radius 1 is 1.17 bits per heavy atom. The van der Waals surface area contributed by atoms with Gasteiger partial charge in [0.2, 0.25) is 0 Å². The van der Waals surface area contributed by atoms with Gasteiger partial charge in [-0.1, -0.05) is 6.07 Å². The molecule has 1 unspecified atom stereocenters. The molecule has 0 bridgehead atoms. The van der Waals surface area contributed by atoms with Crippen LogP contribution in [-0.4, -0.2) is 39.6 Å². The maximum Gasteiger partial charge on any atom is 0.179 e. The number of hydrogen-bond acceptors (Lipinski definition) is 4. The summed E-state index contributed by atoms with van der Waals surface area (Å²) in [7, 11) is 1.88. The van der Waals surface area contributed by atoms with Gasteiger partial charge in [-0.05, 0) is 50.1 Å². The van der Waals surface area contributed by atoms with Crippen molar-refractivity contribution in [3.05, 3.63) is 59.0 Å². The Morgan fingerprint density at radius 3 is 2.69 bits per heavy atom. The van der Waals surface area contributed by atoms with Crippen molar-refractivity contribution in [1.29, 1.82) is 0 Å². The van der Waals surface area contributed by atoms with Gasteiger partial charge in [-0.15, -0.1) is 24.8 Å². The number of piperidine rings is 1. The van der Waals surface area contributed by atoms with E-state index >= 15 is 0 Å². The third-order valence-corrected chi connectivity index (χ3v) is 5.29. The van der Waals surface area contributed by atoms with E-state index < -0.39 is 11.6 Å². The molecular formula is C20H25Cl2F2N5. The summed E-state index contributed by atoms with van der Waals surface area (Å²) in [5.41, 5.74) is 4.64. The molecule has 0 saturated carbocycles. The summed E-state index contributed by atoms with van der Waals surface area (Å²) in [5, 5.41) is 7.85. The quantitative estimate of drug-likeness (QED) is 0.640. The number of aromatic nitrogens is 3. The fourth-order valence-corrected chi connectivity index (χ4v) is 4.01. The Balaban J connectivity index is 0.00000150. The summed E-state index contributed by atoms with van der Waals surface area (Å²) in [6.07, 6.45) is 3.96. The van der Waals surface area contributed by atoms with Crippen LogP contribution < -0.4 is 5.32 Å². The van der Waals surface area contributed by atoms with Crippen LogP contribution in [0.2, 0.25) is 0 Å². The van der Waals surface area contributed by atoms with Crippen LogP contribution in [0.25, 0.3) is 5.65 Å². The molecule has 3 heterocycles. The number of aryl methyl sites for hydroxylation is 1. The molecule has 158 valence electrons. The maximum absolute atomic E-state index is 13.5. The topological polar surface area (TPSA) is 45.5 Å². The Kier molecular flexibility index (Phi) is 7.80. The fourth-order valence-electron chi connectivity index (χ4n) is 4.01. The highest BCUT2D eigenvalue weighted by Gasteiger charge is 2.25. The van der Waals surface area contributed by atoms with E-state index in [9.17, 15) is 8.78 Å². The molecule has 0 spiro atoms. The van der Waals surface area contributed by atoms with Crippen molar-refractivity contribution in [2.24, 2.45) is 0 Å². The summed E-state index contributed by atoms with van der Waals surface area (Å²) in [5.74, 6) is -1.27. The highest BCUT2D eigenvalue weighted by Crippen LogP contribution is 2.30. The Bertz CT molecular complexity index is 979. The van der Waals surface area contributed by atoms with E-state index in [1.165, 1.54) is 12.1 Å². The number of benzene rings is 1. The monoisotopic (exact) mass is 443 g/mol.